The number of hydrogen-bond acceptors (Lipinski definition) is 2. The SMILES string of the molecule is CCC(C)c1nccc2ccoc12. The minimum absolute atomic E-state index is 0.467. The summed E-state index contributed by atoms with van der Waals surface area (Å²) in [7, 11) is 0. The van der Waals surface area contributed by atoms with E-state index < -0.39 is 0 Å². The maximum atomic E-state index is 5.41. The summed E-state index contributed by atoms with van der Waals surface area (Å²) in [5, 5.41) is 1.14. The van der Waals surface area contributed by atoms with Gasteiger partial charge in [0.1, 0.15) is 0 Å². The molecular formula is C11H13NO. The topological polar surface area (TPSA) is 26.0 Å². The number of rotatable bonds is 2. The van der Waals surface area contributed by atoms with E-state index in [-0.39, 0.29) is 0 Å². The highest BCUT2D eigenvalue weighted by atomic mass is 16.3. The Morgan fingerprint density at radius 1 is 1.46 bits per heavy atom. The molecule has 0 radical (unpaired) electrons. The lowest BCUT2D eigenvalue weighted by atomic mass is 10.0. The number of nitrogens with zero attached hydrogens (tertiary/aromatic N) is 1. The molecule has 0 bridgehead atoms. The number of aromatic nitrogens is 1. The standard InChI is InChI=1S/C11H13NO/c1-3-8(2)10-11-9(4-6-12-10)5-7-13-11/h4-8H,3H2,1-2H3. The minimum Gasteiger partial charge on any atom is -0.462 e. The van der Waals surface area contributed by atoms with Crippen LogP contribution in [0.3, 0.4) is 0 Å². The maximum absolute atomic E-state index is 5.41. The van der Waals surface area contributed by atoms with Gasteiger partial charge < -0.3 is 4.42 Å². The lowest BCUT2D eigenvalue weighted by molar-refractivity contribution is 0.595. The largest absolute Gasteiger partial charge is 0.462 e. The fraction of sp³-hybridized carbons (Fsp3) is 0.364. The third kappa shape index (κ3) is 1.32. The third-order valence-electron chi connectivity index (χ3n) is 2.48. The van der Waals surface area contributed by atoms with Crippen molar-refractivity contribution in [2.75, 3.05) is 0 Å². The van der Waals surface area contributed by atoms with Crippen molar-refractivity contribution in [2.45, 2.75) is 26.2 Å². The van der Waals surface area contributed by atoms with Crippen LogP contribution >= 0.6 is 0 Å². The molecule has 0 saturated heterocycles. The van der Waals surface area contributed by atoms with Crippen LogP contribution in [0.5, 0.6) is 0 Å². The first-order valence-corrected chi connectivity index (χ1v) is 4.65. The van der Waals surface area contributed by atoms with Gasteiger partial charge in [-0.2, -0.15) is 0 Å². The van der Waals surface area contributed by atoms with Crippen LogP contribution in [0.15, 0.2) is 29.0 Å². The molecule has 2 aromatic rings. The highest BCUT2D eigenvalue weighted by Gasteiger charge is 2.10. The minimum atomic E-state index is 0.467. The van der Waals surface area contributed by atoms with Gasteiger partial charge in [0.2, 0.25) is 0 Å². The van der Waals surface area contributed by atoms with Crippen LogP contribution in [0, 0.1) is 0 Å². The van der Waals surface area contributed by atoms with Gasteiger partial charge in [-0.3, -0.25) is 4.98 Å². The molecule has 68 valence electrons. The Morgan fingerprint density at radius 2 is 2.31 bits per heavy atom. The van der Waals surface area contributed by atoms with Gasteiger partial charge in [-0.25, -0.2) is 0 Å². The van der Waals surface area contributed by atoms with Crippen LogP contribution in [0.25, 0.3) is 11.0 Å². The second kappa shape index (κ2) is 3.21. The zero-order valence-corrected chi connectivity index (χ0v) is 7.95. The molecule has 0 saturated carbocycles. The van der Waals surface area contributed by atoms with E-state index in [2.05, 4.69) is 18.8 Å². The molecule has 0 aliphatic heterocycles. The Hall–Kier alpha value is -1.31. The molecule has 0 aliphatic rings. The maximum Gasteiger partial charge on any atom is 0.155 e. The van der Waals surface area contributed by atoms with Crippen molar-refractivity contribution < 1.29 is 4.42 Å². The molecule has 1 unspecified atom stereocenters. The van der Waals surface area contributed by atoms with E-state index in [9.17, 15) is 0 Å². The second-order valence-corrected chi connectivity index (χ2v) is 3.34. The van der Waals surface area contributed by atoms with Gasteiger partial charge in [0.05, 0.1) is 12.0 Å². The van der Waals surface area contributed by atoms with Gasteiger partial charge >= 0.3 is 0 Å². The van der Waals surface area contributed by atoms with Crippen molar-refractivity contribution in [3.63, 3.8) is 0 Å². The molecule has 0 aromatic carbocycles. The van der Waals surface area contributed by atoms with E-state index in [0.717, 1.165) is 23.1 Å². The van der Waals surface area contributed by atoms with Gasteiger partial charge in [0, 0.05) is 17.5 Å². The highest BCUT2D eigenvalue weighted by Crippen LogP contribution is 2.25. The number of hydrogen-bond donors (Lipinski definition) is 0. The van der Waals surface area contributed by atoms with Crippen LogP contribution in [0.1, 0.15) is 31.9 Å². The molecule has 2 heteroatoms. The fourth-order valence-corrected chi connectivity index (χ4v) is 1.46. The van der Waals surface area contributed by atoms with E-state index in [1.807, 2.05) is 18.3 Å². The molecular weight excluding hydrogens is 162 g/mol. The molecule has 0 amide bonds. The summed E-state index contributed by atoms with van der Waals surface area (Å²) >= 11 is 0. The molecule has 2 aromatic heterocycles. The van der Waals surface area contributed by atoms with Crippen LogP contribution < -0.4 is 0 Å². The van der Waals surface area contributed by atoms with Crippen LogP contribution in [0.2, 0.25) is 0 Å². The Labute approximate surface area is 77.6 Å². The van der Waals surface area contributed by atoms with E-state index in [1.54, 1.807) is 6.26 Å². The molecule has 2 rings (SSSR count). The summed E-state index contributed by atoms with van der Waals surface area (Å²) in [5.74, 6) is 0.467. The zero-order chi connectivity index (χ0) is 9.26. The number of fused-ring (bicyclic) bond motifs is 1. The Bertz CT molecular complexity index is 405. The normalized spacial score (nSPS) is 13.4. The summed E-state index contributed by atoms with van der Waals surface area (Å²) in [6.45, 7) is 4.33. The molecule has 0 spiro atoms. The molecule has 2 nitrogen and oxygen atoms in total. The number of furan rings is 1. The lowest BCUT2D eigenvalue weighted by Crippen LogP contribution is -1.94. The third-order valence-corrected chi connectivity index (χ3v) is 2.48. The van der Waals surface area contributed by atoms with Crippen molar-refractivity contribution in [3.05, 3.63) is 30.3 Å². The van der Waals surface area contributed by atoms with Gasteiger partial charge in [-0.15, -0.1) is 0 Å². The van der Waals surface area contributed by atoms with Gasteiger partial charge in [0.25, 0.3) is 0 Å². The van der Waals surface area contributed by atoms with Gasteiger partial charge in [-0.1, -0.05) is 13.8 Å². The molecule has 1 atom stereocenters. The smallest absolute Gasteiger partial charge is 0.155 e. The molecule has 0 N–H and O–H groups in total. The summed E-state index contributed by atoms with van der Waals surface area (Å²) in [6.07, 6.45) is 4.66. The Balaban J connectivity index is 2.60. The van der Waals surface area contributed by atoms with Crippen molar-refractivity contribution in [3.8, 4) is 0 Å². The first-order valence-electron chi connectivity index (χ1n) is 4.65. The fourth-order valence-electron chi connectivity index (χ4n) is 1.46. The van der Waals surface area contributed by atoms with E-state index in [4.69, 9.17) is 4.42 Å². The quantitative estimate of drug-likeness (QED) is 0.699. The summed E-state index contributed by atoms with van der Waals surface area (Å²) in [6, 6.07) is 3.95. The van der Waals surface area contributed by atoms with Crippen LogP contribution in [-0.2, 0) is 0 Å². The van der Waals surface area contributed by atoms with Crippen molar-refractivity contribution in [1.82, 2.24) is 4.98 Å². The Morgan fingerprint density at radius 3 is 3.08 bits per heavy atom. The van der Waals surface area contributed by atoms with Gasteiger partial charge in [-0.05, 0) is 18.6 Å². The second-order valence-electron chi connectivity index (χ2n) is 3.34. The van der Waals surface area contributed by atoms with Gasteiger partial charge in [0.15, 0.2) is 5.58 Å². The van der Waals surface area contributed by atoms with Crippen molar-refractivity contribution >= 4 is 11.0 Å². The first kappa shape index (κ1) is 8.30. The van der Waals surface area contributed by atoms with Crippen molar-refractivity contribution in [2.24, 2.45) is 0 Å². The van der Waals surface area contributed by atoms with Crippen LogP contribution in [-0.4, -0.2) is 4.98 Å². The summed E-state index contributed by atoms with van der Waals surface area (Å²) in [4.78, 5) is 4.36. The summed E-state index contributed by atoms with van der Waals surface area (Å²) < 4.78 is 5.41. The van der Waals surface area contributed by atoms with Crippen molar-refractivity contribution in [1.29, 1.82) is 0 Å². The number of pyridine rings is 1. The van der Waals surface area contributed by atoms with E-state index in [0.29, 0.717) is 5.92 Å². The molecule has 2 heterocycles. The van der Waals surface area contributed by atoms with Crippen LogP contribution in [0.4, 0.5) is 0 Å². The van der Waals surface area contributed by atoms with E-state index >= 15 is 0 Å². The predicted octanol–water partition coefficient (Wildman–Crippen LogP) is 3.34. The average molecular weight is 175 g/mol. The Kier molecular flexibility index (Phi) is 2.05. The molecule has 13 heavy (non-hydrogen) atoms. The summed E-state index contributed by atoms with van der Waals surface area (Å²) in [5.41, 5.74) is 2.02. The first-order chi connectivity index (χ1) is 6.33. The highest BCUT2D eigenvalue weighted by molar-refractivity contribution is 5.79. The molecule has 0 fully saturated rings. The zero-order valence-electron chi connectivity index (χ0n) is 7.95. The monoisotopic (exact) mass is 175 g/mol. The average Bonchev–Trinajstić information content (AvgIpc) is 2.63. The molecule has 0 aliphatic carbocycles. The van der Waals surface area contributed by atoms with E-state index in [1.165, 1.54) is 0 Å². The predicted molar refractivity (Wildman–Crippen MR) is 52.7 cm³/mol. The lowest BCUT2D eigenvalue weighted by Gasteiger charge is -2.07.